The van der Waals surface area contributed by atoms with Crippen LogP contribution in [0.1, 0.15) is 36.7 Å². The van der Waals surface area contributed by atoms with Gasteiger partial charge < -0.3 is 10.4 Å². The summed E-state index contributed by atoms with van der Waals surface area (Å²) in [5, 5.41) is 11.5. The monoisotopic (exact) mass is 267 g/mol. The summed E-state index contributed by atoms with van der Waals surface area (Å²) in [5.41, 5.74) is -0.0772. The molecule has 2 N–H and O–H groups in total. The smallest absolute Gasteiger partial charge is 0.326 e. The maximum absolute atomic E-state index is 13.6. The lowest BCUT2D eigenvalue weighted by Crippen LogP contribution is -2.49. The van der Waals surface area contributed by atoms with E-state index in [1.807, 2.05) is 0 Å². The first-order valence-corrected chi connectivity index (χ1v) is 5.92. The molecule has 1 amide bonds. The molecule has 0 unspecified atom stereocenters. The van der Waals surface area contributed by atoms with Gasteiger partial charge in [0.25, 0.3) is 5.91 Å². The van der Waals surface area contributed by atoms with E-state index >= 15 is 0 Å². The molecule has 1 aromatic rings. The van der Waals surface area contributed by atoms with Crippen LogP contribution in [-0.2, 0) is 4.79 Å². The zero-order chi connectivity index (χ0) is 14.8. The van der Waals surface area contributed by atoms with E-state index in [9.17, 15) is 14.0 Å². The van der Waals surface area contributed by atoms with Crippen molar-refractivity contribution in [3.8, 4) is 0 Å². The number of aliphatic carboxylic acids is 1. The quantitative estimate of drug-likeness (QED) is 0.883. The standard InChI is InChI=1S/C14H18FNO3/c1-8-5-6-10(15)9(7-8)12(17)16-11(13(18)19)14(2,3)4/h5-7,11H,1-4H3,(H,16,17)(H,18,19)/t11-/m1/s1. The minimum atomic E-state index is -1.14. The number of nitrogens with one attached hydrogen (secondary N) is 1. The van der Waals surface area contributed by atoms with Crippen molar-refractivity contribution in [1.82, 2.24) is 5.32 Å². The Kier molecular flexibility index (Phi) is 4.29. The molecule has 1 atom stereocenters. The molecule has 0 aromatic heterocycles. The number of carbonyl (C=O) groups is 2. The molecule has 0 heterocycles. The van der Waals surface area contributed by atoms with Gasteiger partial charge in [-0.2, -0.15) is 0 Å². The molecule has 0 radical (unpaired) electrons. The van der Waals surface area contributed by atoms with Crippen molar-refractivity contribution >= 4 is 11.9 Å². The summed E-state index contributed by atoms with van der Waals surface area (Å²) in [5.74, 6) is -2.53. The highest BCUT2D eigenvalue weighted by atomic mass is 19.1. The number of carboxylic acids is 1. The van der Waals surface area contributed by atoms with Crippen molar-refractivity contribution in [2.45, 2.75) is 33.7 Å². The van der Waals surface area contributed by atoms with Gasteiger partial charge in [-0.15, -0.1) is 0 Å². The Labute approximate surface area is 111 Å². The predicted octanol–water partition coefficient (Wildman–Crippen LogP) is 2.36. The van der Waals surface area contributed by atoms with Gasteiger partial charge in [0, 0.05) is 0 Å². The van der Waals surface area contributed by atoms with Gasteiger partial charge in [0.15, 0.2) is 0 Å². The van der Waals surface area contributed by atoms with E-state index in [-0.39, 0.29) is 5.56 Å². The van der Waals surface area contributed by atoms with Crippen molar-refractivity contribution in [3.05, 3.63) is 35.1 Å². The maximum atomic E-state index is 13.6. The largest absolute Gasteiger partial charge is 0.480 e. The number of amides is 1. The lowest BCUT2D eigenvalue weighted by Gasteiger charge is -2.27. The summed E-state index contributed by atoms with van der Waals surface area (Å²) >= 11 is 0. The molecule has 0 fully saturated rings. The Bertz CT molecular complexity index is 506. The Morgan fingerprint density at radius 1 is 1.32 bits per heavy atom. The van der Waals surface area contributed by atoms with Crippen LogP contribution in [-0.4, -0.2) is 23.0 Å². The second kappa shape index (κ2) is 5.38. The molecule has 0 aliphatic heterocycles. The average Bonchev–Trinajstić information content (AvgIpc) is 2.26. The average molecular weight is 267 g/mol. The van der Waals surface area contributed by atoms with Gasteiger partial charge in [-0.3, -0.25) is 4.79 Å². The molecule has 1 aromatic carbocycles. The maximum Gasteiger partial charge on any atom is 0.326 e. The number of hydrogen-bond donors (Lipinski definition) is 2. The highest BCUT2D eigenvalue weighted by Crippen LogP contribution is 2.20. The molecule has 0 aliphatic carbocycles. The zero-order valence-corrected chi connectivity index (χ0v) is 11.5. The van der Waals surface area contributed by atoms with E-state index in [4.69, 9.17) is 5.11 Å². The van der Waals surface area contributed by atoms with Crippen LogP contribution in [0, 0.1) is 18.2 Å². The van der Waals surface area contributed by atoms with Crippen LogP contribution in [0.5, 0.6) is 0 Å². The van der Waals surface area contributed by atoms with Gasteiger partial charge in [-0.1, -0.05) is 32.4 Å². The SMILES string of the molecule is Cc1ccc(F)c(C(=O)N[C@H](C(=O)O)C(C)(C)C)c1. The lowest BCUT2D eigenvalue weighted by atomic mass is 9.86. The third-order valence-corrected chi connectivity index (χ3v) is 2.75. The van der Waals surface area contributed by atoms with E-state index in [0.29, 0.717) is 0 Å². The van der Waals surface area contributed by atoms with E-state index in [1.54, 1.807) is 33.8 Å². The fraction of sp³-hybridized carbons (Fsp3) is 0.429. The fourth-order valence-electron chi connectivity index (χ4n) is 1.67. The first-order valence-electron chi connectivity index (χ1n) is 5.92. The normalized spacial score (nSPS) is 12.9. The number of halogens is 1. The molecule has 1 rings (SSSR count). The second-order valence-electron chi connectivity index (χ2n) is 5.59. The summed E-state index contributed by atoms with van der Waals surface area (Å²) in [4.78, 5) is 23.1. The van der Waals surface area contributed by atoms with Crippen LogP contribution in [0.25, 0.3) is 0 Å². The molecule has 0 aliphatic rings. The van der Waals surface area contributed by atoms with Crippen molar-refractivity contribution in [2.24, 2.45) is 5.41 Å². The molecule has 0 spiro atoms. The van der Waals surface area contributed by atoms with Crippen LogP contribution in [0.3, 0.4) is 0 Å². The van der Waals surface area contributed by atoms with E-state index < -0.39 is 29.2 Å². The number of aryl methyl sites for hydroxylation is 1. The summed E-state index contributed by atoms with van der Waals surface area (Å²) < 4.78 is 13.6. The first-order chi connectivity index (χ1) is 8.62. The number of carboxylic acid groups (broad SMARTS) is 1. The fourth-order valence-corrected chi connectivity index (χ4v) is 1.67. The third-order valence-electron chi connectivity index (χ3n) is 2.75. The number of carbonyl (C=O) groups excluding carboxylic acids is 1. The van der Waals surface area contributed by atoms with Crippen LogP contribution < -0.4 is 5.32 Å². The molecule has 5 heteroatoms. The van der Waals surface area contributed by atoms with Crippen molar-refractivity contribution < 1.29 is 19.1 Å². The van der Waals surface area contributed by atoms with Gasteiger partial charge in [0.1, 0.15) is 11.9 Å². The van der Waals surface area contributed by atoms with Gasteiger partial charge in [0.05, 0.1) is 5.56 Å². The van der Waals surface area contributed by atoms with E-state index in [0.717, 1.165) is 5.56 Å². The molecular weight excluding hydrogens is 249 g/mol. The predicted molar refractivity (Wildman–Crippen MR) is 69.5 cm³/mol. The number of rotatable bonds is 3. The van der Waals surface area contributed by atoms with Crippen LogP contribution in [0.15, 0.2) is 18.2 Å². The van der Waals surface area contributed by atoms with Gasteiger partial charge >= 0.3 is 5.97 Å². The second-order valence-corrected chi connectivity index (χ2v) is 5.59. The van der Waals surface area contributed by atoms with Crippen LogP contribution >= 0.6 is 0 Å². The molecule has 0 saturated carbocycles. The highest BCUT2D eigenvalue weighted by Gasteiger charge is 2.33. The lowest BCUT2D eigenvalue weighted by molar-refractivity contribution is -0.142. The Hall–Kier alpha value is -1.91. The van der Waals surface area contributed by atoms with Crippen molar-refractivity contribution in [1.29, 1.82) is 0 Å². The Balaban J connectivity index is 3.01. The summed E-state index contributed by atoms with van der Waals surface area (Å²) in [6.07, 6.45) is 0. The molecule has 19 heavy (non-hydrogen) atoms. The van der Waals surface area contributed by atoms with Crippen LogP contribution in [0.4, 0.5) is 4.39 Å². The Morgan fingerprint density at radius 2 is 1.89 bits per heavy atom. The third kappa shape index (κ3) is 3.77. The van der Waals surface area contributed by atoms with E-state index in [1.165, 1.54) is 12.1 Å². The molecule has 104 valence electrons. The Morgan fingerprint density at radius 3 is 2.37 bits per heavy atom. The summed E-state index contributed by atoms with van der Waals surface area (Å²) in [6, 6.07) is 3.05. The summed E-state index contributed by atoms with van der Waals surface area (Å²) in [6.45, 7) is 6.81. The van der Waals surface area contributed by atoms with Crippen molar-refractivity contribution in [2.75, 3.05) is 0 Å². The first kappa shape index (κ1) is 15.1. The molecule has 0 bridgehead atoms. The van der Waals surface area contributed by atoms with Crippen LogP contribution in [0.2, 0.25) is 0 Å². The number of hydrogen-bond acceptors (Lipinski definition) is 2. The van der Waals surface area contributed by atoms with Gasteiger partial charge in [-0.05, 0) is 24.5 Å². The van der Waals surface area contributed by atoms with E-state index in [2.05, 4.69) is 5.32 Å². The zero-order valence-electron chi connectivity index (χ0n) is 11.5. The minimum Gasteiger partial charge on any atom is -0.480 e. The summed E-state index contributed by atoms with van der Waals surface area (Å²) in [7, 11) is 0. The minimum absolute atomic E-state index is 0.143. The van der Waals surface area contributed by atoms with Gasteiger partial charge in [0.2, 0.25) is 0 Å². The molecular formula is C14H18FNO3. The van der Waals surface area contributed by atoms with Crippen molar-refractivity contribution in [3.63, 3.8) is 0 Å². The molecule has 0 saturated heterocycles. The molecule has 4 nitrogen and oxygen atoms in total. The highest BCUT2D eigenvalue weighted by molar-refractivity contribution is 5.97. The topological polar surface area (TPSA) is 66.4 Å². The van der Waals surface area contributed by atoms with Gasteiger partial charge in [-0.25, -0.2) is 9.18 Å². The number of benzene rings is 1.